The quantitative estimate of drug-likeness (QED) is 0.479. The third kappa shape index (κ3) is 5.88. The van der Waals surface area contributed by atoms with Gasteiger partial charge in [0.1, 0.15) is 0 Å². The number of nitrogens with zero attached hydrogens (tertiary/aromatic N) is 4. The molecule has 1 amide bonds. The Kier molecular flexibility index (Phi) is 7.98. The van der Waals surface area contributed by atoms with Crippen LogP contribution in [0.2, 0.25) is 0 Å². The van der Waals surface area contributed by atoms with Gasteiger partial charge < -0.3 is 9.80 Å². The first kappa shape index (κ1) is 23.5. The minimum Gasteiger partial charge on any atom is -0.335 e. The average Bonchev–Trinajstić information content (AvgIpc) is 3.14. The number of carbonyl (C=O) groups excluding carboxylic acids is 1. The fourth-order valence-electron chi connectivity index (χ4n) is 3.98. The molecule has 3 rings (SSSR count). The molecular formula is C18H27ClN4O5S. The van der Waals surface area contributed by atoms with Gasteiger partial charge in [0.15, 0.2) is 0 Å². The van der Waals surface area contributed by atoms with Crippen molar-refractivity contribution >= 4 is 34.0 Å². The highest BCUT2D eigenvalue weighted by molar-refractivity contribution is 7.88. The Balaban J connectivity index is 0.00000300. The maximum atomic E-state index is 13.0. The SMILES string of the molecule is CS(=O)(=O)N1CCN(C(=O)Cc2ccccc2[N+](=O)[O-])C(CN2CCCC2)C1.Cl. The molecule has 0 aliphatic carbocycles. The zero-order chi connectivity index (χ0) is 20.3. The third-order valence-electron chi connectivity index (χ3n) is 5.43. The number of hydrogen-bond acceptors (Lipinski definition) is 6. The summed E-state index contributed by atoms with van der Waals surface area (Å²) in [7, 11) is -3.33. The Labute approximate surface area is 177 Å². The highest BCUT2D eigenvalue weighted by atomic mass is 35.5. The van der Waals surface area contributed by atoms with Gasteiger partial charge in [-0.25, -0.2) is 8.42 Å². The van der Waals surface area contributed by atoms with Crippen molar-refractivity contribution in [3.05, 3.63) is 39.9 Å². The van der Waals surface area contributed by atoms with E-state index in [-0.39, 0.29) is 49.6 Å². The standard InChI is InChI=1S/C18H26N4O5S.ClH/c1-28(26,27)20-10-11-21(16(14-20)13-19-8-4-5-9-19)18(23)12-15-6-2-3-7-17(15)22(24)25;/h2-3,6-7,16H,4-5,8-14H2,1H3;1H. The first-order chi connectivity index (χ1) is 13.3. The predicted octanol–water partition coefficient (Wildman–Crippen LogP) is 1.13. The molecule has 1 atom stereocenters. The van der Waals surface area contributed by atoms with Gasteiger partial charge in [0.05, 0.1) is 23.6 Å². The number of nitro groups is 1. The Hall–Kier alpha value is -1.75. The summed E-state index contributed by atoms with van der Waals surface area (Å²) in [5, 5.41) is 11.2. The van der Waals surface area contributed by atoms with Crippen molar-refractivity contribution in [2.75, 3.05) is 45.5 Å². The van der Waals surface area contributed by atoms with E-state index in [9.17, 15) is 23.3 Å². The summed E-state index contributed by atoms with van der Waals surface area (Å²) in [6, 6.07) is 5.99. The maximum Gasteiger partial charge on any atom is 0.273 e. The number of halogens is 1. The Morgan fingerprint density at radius 1 is 1.17 bits per heavy atom. The normalized spacial score (nSPS) is 21.0. The van der Waals surface area contributed by atoms with Crippen LogP contribution in [0.4, 0.5) is 5.69 Å². The molecule has 2 saturated heterocycles. The van der Waals surface area contributed by atoms with E-state index in [0.29, 0.717) is 18.7 Å². The van der Waals surface area contributed by atoms with E-state index < -0.39 is 14.9 Å². The van der Waals surface area contributed by atoms with Gasteiger partial charge in [0.2, 0.25) is 15.9 Å². The Bertz CT molecular complexity index is 844. The number of nitro benzene ring substituents is 1. The highest BCUT2D eigenvalue weighted by Crippen LogP contribution is 2.22. The summed E-state index contributed by atoms with van der Waals surface area (Å²) in [5.74, 6) is -0.202. The van der Waals surface area contributed by atoms with Crippen LogP contribution in [0, 0.1) is 10.1 Å². The first-order valence-electron chi connectivity index (χ1n) is 9.45. The van der Waals surface area contributed by atoms with Gasteiger partial charge in [-0.1, -0.05) is 18.2 Å². The summed E-state index contributed by atoms with van der Waals surface area (Å²) in [5.41, 5.74) is 0.310. The molecule has 0 aromatic heterocycles. The molecule has 2 aliphatic rings. The lowest BCUT2D eigenvalue weighted by molar-refractivity contribution is -0.385. The molecule has 2 aliphatic heterocycles. The molecule has 0 bridgehead atoms. The maximum absolute atomic E-state index is 13.0. The second-order valence-corrected chi connectivity index (χ2v) is 9.41. The number of hydrogen-bond donors (Lipinski definition) is 0. The van der Waals surface area contributed by atoms with Crippen LogP contribution >= 0.6 is 12.4 Å². The first-order valence-corrected chi connectivity index (χ1v) is 11.3. The van der Waals surface area contributed by atoms with E-state index in [1.54, 1.807) is 23.1 Å². The summed E-state index contributed by atoms with van der Waals surface area (Å²) in [6.07, 6.45) is 3.33. The number of sulfonamides is 1. The molecule has 2 fully saturated rings. The molecule has 0 spiro atoms. The summed E-state index contributed by atoms with van der Waals surface area (Å²) in [6.45, 7) is 3.32. The van der Waals surface area contributed by atoms with Crippen LogP contribution in [0.25, 0.3) is 0 Å². The number of benzene rings is 1. The van der Waals surface area contributed by atoms with E-state index >= 15 is 0 Å². The lowest BCUT2D eigenvalue weighted by atomic mass is 10.1. The van der Waals surface area contributed by atoms with E-state index in [0.717, 1.165) is 25.9 Å². The second kappa shape index (κ2) is 9.84. The fourth-order valence-corrected chi connectivity index (χ4v) is 4.83. The highest BCUT2D eigenvalue weighted by Gasteiger charge is 2.35. The number of carbonyl (C=O) groups is 1. The molecule has 2 heterocycles. The van der Waals surface area contributed by atoms with Crippen LogP contribution in [-0.4, -0.2) is 84.9 Å². The molecule has 1 aromatic carbocycles. The molecule has 11 heteroatoms. The molecule has 0 radical (unpaired) electrons. The lowest BCUT2D eigenvalue weighted by Gasteiger charge is -2.42. The monoisotopic (exact) mass is 446 g/mol. The molecule has 162 valence electrons. The number of para-hydroxylation sites is 1. The third-order valence-corrected chi connectivity index (χ3v) is 6.70. The summed E-state index contributed by atoms with van der Waals surface area (Å²) in [4.78, 5) is 27.7. The van der Waals surface area contributed by atoms with Gasteiger partial charge in [0.25, 0.3) is 5.69 Å². The van der Waals surface area contributed by atoms with Crippen molar-refractivity contribution in [1.29, 1.82) is 0 Å². The molecule has 1 unspecified atom stereocenters. The second-order valence-electron chi connectivity index (χ2n) is 7.43. The Morgan fingerprint density at radius 3 is 2.45 bits per heavy atom. The molecule has 29 heavy (non-hydrogen) atoms. The zero-order valence-corrected chi connectivity index (χ0v) is 18.0. The van der Waals surface area contributed by atoms with Crippen molar-refractivity contribution in [2.45, 2.75) is 25.3 Å². The van der Waals surface area contributed by atoms with Gasteiger partial charge in [-0.2, -0.15) is 4.31 Å². The smallest absolute Gasteiger partial charge is 0.273 e. The van der Waals surface area contributed by atoms with Crippen molar-refractivity contribution in [3.8, 4) is 0 Å². The lowest BCUT2D eigenvalue weighted by Crippen LogP contribution is -2.59. The van der Waals surface area contributed by atoms with Crippen molar-refractivity contribution in [2.24, 2.45) is 0 Å². The number of piperazine rings is 1. The van der Waals surface area contributed by atoms with Crippen molar-refractivity contribution in [1.82, 2.24) is 14.1 Å². The molecule has 0 saturated carbocycles. The average molecular weight is 447 g/mol. The molecular weight excluding hydrogens is 420 g/mol. The predicted molar refractivity (Wildman–Crippen MR) is 112 cm³/mol. The van der Waals surface area contributed by atoms with Crippen molar-refractivity contribution in [3.63, 3.8) is 0 Å². The van der Waals surface area contributed by atoms with E-state index in [1.165, 1.54) is 16.6 Å². The molecule has 1 aromatic rings. The summed E-state index contributed by atoms with van der Waals surface area (Å²) >= 11 is 0. The fraction of sp³-hybridized carbons (Fsp3) is 0.611. The van der Waals surface area contributed by atoms with E-state index in [1.807, 2.05) is 0 Å². The number of amides is 1. The van der Waals surface area contributed by atoms with E-state index in [4.69, 9.17) is 0 Å². The van der Waals surface area contributed by atoms with Gasteiger partial charge >= 0.3 is 0 Å². The van der Waals surface area contributed by atoms with Gasteiger partial charge in [-0.05, 0) is 25.9 Å². The zero-order valence-electron chi connectivity index (χ0n) is 16.4. The van der Waals surface area contributed by atoms with E-state index in [2.05, 4.69) is 4.90 Å². The van der Waals surface area contributed by atoms with Crippen molar-refractivity contribution < 1.29 is 18.1 Å². The van der Waals surface area contributed by atoms with Gasteiger partial charge in [-0.3, -0.25) is 14.9 Å². The molecule has 9 nitrogen and oxygen atoms in total. The number of likely N-dealkylation sites (tertiary alicyclic amines) is 1. The Morgan fingerprint density at radius 2 is 1.83 bits per heavy atom. The topological polar surface area (TPSA) is 104 Å². The van der Waals surface area contributed by atoms with Gasteiger partial charge in [0, 0.05) is 37.8 Å². The molecule has 0 N–H and O–H groups in total. The van der Waals surface area contributed by atoms with Crippen LogP contribution in [0.5, 0.6) is 0 Å². The van der Waals surface area contributed by atoms with Crippen LogP contribution in [0.15, 0.2) is 24.3 Å². The summed E-state index contributed by atoms with van der Waals surface area (Å²) < 4.78 is 25.4. The minimum atomic E-state index is -3.33. The minimum absolute atomic E-state index is 0. The van der Waals surface area contributed by atoms with Gasteiger partial charge in [-0.15, -0.1) is 12.4 Å². The van der Waals surface area contributed by atoms with Crippen LogP contribution in [-0.2, 0) is 21.2 Å². The van der Waals surface area contributed by atoms with Crippen LogP contribution < -0.4 is 0 Å². The van der Waals surface area contributed by atoms with Crippen LogP contribution in [0.1, 0.15) is 18.4 Å². The van der Waals surface area contributed by atoms with Crippen LogP contribution in [0.3, 0.4) is 0 Å². The largest absolute Gasteiger partial charge is 0.335 e. The number of rotatable bonds is 6.